The number of fused-ring (bicyclic) bond motifs is 3. The smallest absolute Gasteiger partial charge is 0.223 e. The van der Waals surface area contributed by atoms with E-state index in [4.69, 9.17) is 19.6 Å². The normalized spacial score (nSPS) is 20.8. The summed E-state index contributed by atoms with van der Waals surface area (Å²) in [5.41, 5.74) is 3.91. The van der Waals surface area contributed by atoms with Crippen LogP contribution >= 0.6 is 0 Å². The van der Waals surface area contributed by atoms with Crippen molar-refractivity contribution in [2.45, 2.75) is 50.4 Å². The molecule has 8 heteroatoms. The van der Waals surface area contributed by atoms with Gasteiger partial charge in [-0.1, -0.05) is 0 Å². The van der Waals surface area contributed by atoms with Gasteiger partial charge in [-0.3, -0.25) is 4.90 Å². The minimum absolute atomic E-state index is 0.491. The summed E-state index contributed by atoms with van der Waals surface area (Å²) < 4.78 is 13.2. The molecule has 0 radical (unpaired) electrons. The molecule has 1 aliphatic carbocycles. The van der Waals surface area contributed by atoms with Crippen LogP contribution in [0.5, 0.6) is 5.88 Å². The van der Waals surface area contributed by atoms with Crippen molar-refractivity contribution < 1.29 is 9.47 Å². The van der Waals surface area contributed by atoms with Crippen molar-refractivity contribution in [1.29, 1.82) is 0 Å². The van der Waals surface area contributed by atoms with Crippen LogP contribution in [0, 0.1) is 0 Å². The van der Waals surface area contributed by atoms with Gasteiger partial charge in [-0.15, -0.1) is 0 Å². The quantitative estimate of drug-likeness (QED) is 0.599. The molecule has 2 saturated heterocycles. The Morgan fingerprint density at radius 3 is 2.52 bits per heavy atom. The molecule has 7 rings (SSSR count). The maximum absolute atomic E-state index is 5.77. The van der Waals surface area contributed by atoms with Crippen molar-refractivity contribution in [2.75, 3.05) is 31.2 Å². The maximum Gasteiger partial charge on any atom is 0.223 e. The third-order valence-corrected chi connectivity index (χ3v) is 7.40. The summed E-state index contributed by atoms with van der Waals surface area (Å²) >= 11 is 0. The van der Waals surface area contributed by atoms with Crippen molar-refractivity contribution in [2.24, 2.45) is 0 Å². The van der Waals surface area contributed by atoms with E-state index in [9.17, 15) is 0 Å². The largest absolute Gasteiger partial charge is 0.472 e. The molecule has 8 nitrogen and oxygen atoms in total. The number of pyridine rings is 2. The number of aromatic nitrogens is 4. The number of piperidine rings is 1. The van der Waals surface area contributed by atoms with Crippen molar-refractivity contribution >= 4 is 5.82 Å². The van der Waals surface area contributed by atoms with Crippen LogP contribution < -0.4 is 9.64 Å². The molecule has 0 N–H and O–H groups in total. The van der Waals surface area contributed by atoms with Crippen molar-refractivity contribution in [1.82, 2.24) is 24.6 Å². The first-order valence-corrected chi connectivity index (χ1v) is 12.1. The summed E-state index contributed by atoms with van der Waals surface area (Å²) in [5.74, 6) is 1.70. The fourth-order valence-corrected chi connectivity index (χ4v) is 5.46. The van der Waals surface area contributed by atoms with E-state index in [-0.39, 0.29) is 0 Å². The van der Waals surface area contributed by atoms with Crippen LogP contribution in [-0.4, -0.2) is 69.1 Å². The van der Waals surface area contributed by atoms with Gasteiger partial charge < -0.3 is 14.4 Å². The highest BCUT2D eigenvalue weighted by molar-refractivity contribution is 5.69. The number of ether oxygens (including phenoxy) is 2. The molecule has 0 unspecified atom stereocenters. The zero-order valence-electron chi connectivity index (χ0n) is 18.6. The van der Waals surface area contributed by atoms with Crippen LogP contribution in [0.3, 0.4) is 0 Å². The molecule has 3 fully saturated rings. The zero-order valence-corrected chi connectivity index (χ0v) is 18.6. The average molecular weight is 445 g/mol. The van der Waals surface area contributed by atoms with Crippen LogP contribution in [0.25, 0.3) is 16.9 Å². The Kier molecular flexibility index (Phi) is 4.62. The summed E-state index contributed by atoms with van der Waals surface area (Å²) in [6, 6.07) is 10.3. The second-order valence-corrected chi connectivity index (χ2v) is 9.55. The molecular formula is C25H28N6O2. The third-order valence-electron chi connectivity index (χ3n) is 7.40. The summed E-state index contributed by atoms with van der Waals surface area (Å²) in [6.45, 7) is 4.45. The summed E-state index contributed by atoms with van der Waals surface area (Å²) in [7, 11) is 0. The highest BCUT2D eigenvalue weighted by atomic mass is 16.5. The van der Waals surface area contributed by atoms with E-state index in [2.05, 4.69) is 26.9 Å². The number of hydrogen-bond acceptors (Lipinski definition) is 7. The van der Waals surface area contributed by atoms with Crippen LogP contribution in [0.2, 0.25) is 0 Å². The molecule has 170 valence electrons. The molecule has 0 atom stereocenters. The van der Waals surface area contributed by atoms with E-state index < -0.39 is 0 Å². The number of rotatable bonds is 5. The number of hydrogen-bond donors (Lipinski definition) is 0. The van der Waals surface area contributed by atoms with Crippen LogP contribution in [0.4, 0.5) is 5.82 Å². The Balaban J connectivity index is 1.05. The molecule has 0 spiro atoms. The molecule has 33 heavy (non-hydrogen) atoms. The molecule has 0 amide bonds. The van der Waals surface area contributed by atoms with Crippen LogP contribution in [0.1, 0.15) is 31.2 Å². The molecule has 3 aliphatic heterocycles. The molecule has 1 saturated carbocycles. The molecule has 4 aliphatic rings. The van der Waals surface area contributed by atoms with Gasteiger partial charge in [0.2, 0.25) is 5.88 Å². The molecule has 3 aromatic rings. The Hall–Kier alpha value is -2.97. The highest BCUT2D eigenvalue weighted by Gasteiger charge is 2.42. The first-order chi connectivity index (χ1) is 16.3. The van der Waals surface area contributed by atoms with Gasteiger partial charge >= 0.3 is 0 Å². The molecule has 0 aromatic carbocycles. The topological polar surface area (TPSA) is 68.5 Å². The van der Waals surface area contributed by atoms with E-state index in [1.54, 1.807) is 6.20 Å². The maximum atomic E-state index is 5.77. The summed E-state index contributed by atoms with van der Waals surface area (Å²) in [5, 5.41) is 4.81. The van der Waals surface area contributed by atoms with Crippen molar-refractivity contribution in [3.63, 3.8) is 0 Å². The first kappa shape index (κ1) is 19.5. The predicted octanol–water partition coefficient (Wildman–Crippen LogP) is 3.05. The average Bonchev–Trinajstić information content (AvgIpc) is 3.58. The van der Waals surface area contributed by atoms with Gasteiger partial charge in [-0.05, 0) is 49.9 Å². The molecular weight excluding hydrogens is 416 g/mol. The van der Waals surface area contributed by atoms with Crippen molar-refractivity contribution in [3.8, 4) is 22.8 Å². The van der Waals surface area contributed by atoms with Gasteiger partial charge in [0.1, 0.15) is 18.1 Å². The second-order valence-electron chi connectivity index (χ2n) is 9.55. The van der Waals surface area contributed by atoms with E-state index in [1.807, 2.05) is 29.2 Å². The van der Waals surface area contributed by atoms with Gasteiger partial charge in [0.25, 0.3) is 0 Å². The van der Waals surface area contributed by atoms with Gasteiger partial charge in [-0.25, -0.2) is 14.6 Å². The van der Waals surface area contributed by atoms with Gasteiger partial charge in [-0.2, -0.15) is 5.10 Å². The lowest BCUT2D eigenvalue weighted by molar-refractivity contribution is -0.0859. The van der Waals surface area contributed by atoms with E-state index >= 15 is 0 Å². The van der Waals surface area contributed by atoms with Crippen LogP contribution in [-0.2, 0) is 11.3 Å². The lowest BCUT2D eigenvalue weighted by Crippen LogP contribution is -2.57. The van der Waals surface area contributed by atoms with Crippen LogP contribution in [0.15, 0.2) is 42.9 Å². The van der Waals surface area contributed by atoms with Crippen molar-refractivity contribution in [3.05, 3.63) is 48.4 Å². The summed E-state index contributed by atoms with van der Waals surface area (Å²) in [4.78, 5) is 14.3. The third kappa shape index (κ3) is 3.48. The Bertz CT molecular complexity index is 1150. The van der Waals surface area contributed by atoms with E-state index in [0.29, 0.717) is 24.6 Å². The lowest BCUT2D eigenvalue weighted by atomic mass is 10.00. The van der Waals surface area contributed by atoms with Gasteiger partial charge in [0.05, 0.1) is 36.7 Å². The molecule has 6 heterocycles. The Morgan fingerprint density at radius 1 is 0.939 bits per heavy atom. The van der Waals surface area contributed by atoms with E-state index in [1.165, 1.54) is 25.7 Å². The minimum atomic E-state index is 0.491. The molecule has 0 bridgehead atoms. The predicted molar refractivity (Wildman–Crippen MR) is 124 cm³/mol. The number of nitrogens with zero attached hydrogens (tertiary/aromatic N) is 6. The Morgan fingerprint density at radius 2 is 1.79 bits per heavy atom. The fourth-order valence-electron chi connectivity index (χ4n) is 5.46. The van der Waals surface area contributed by atoms with Gasteiger partial charge in [0, 0.05) is 43.1 Å². The summed E-state index contributed by atoms with van der Waals surface area (Å²) in [6.07, 6.45) is 10.8. The Labute approximate surface area is 193 Å². The minimum Gasteiger partial charge on any atom is -0.472 e. The second kappa shape index (κ2) is 7.81. The first-order valence-electron chi connectivity index (χ1n) is 12.1. The molecule has 3 aromatic heterocycles. The lowest BCUT2D eigenvalue weighted by Gasteiger charge is -2.45. The zero-order chi connectivity index (χ0) is 21.8. The van der Waals surface area contributed by atoms with Gasteiger partial charge in [0.15, 0.2) is 0 Å². The number of anilines is 1. The fraction of sp³-hybridized carbons (Fsp3) is 0.480. The monoisotopic (exact) mass is 444 g/mol. The highest BCUT2D eigenvalue weighted by Crippen LogP contribution is 2.37. The SMILES string of the molecule is c1cnc2c(c1)-c1nn(-c3ccc(N4CCC(N(C5CC5)C5COC5)CC4)nc3)cc1CO2. The standard InChI is InChI=1S/C25H28N6O2/c1-2-22-24-17(14-33-25(22)26-9-1)13-30(28-24)20-5-6-23(27-12-20)29-10-7-19(8-11-29)31(18-3-4-18)21-15-32-16-21/h1-2,5-6,9,12-13,18-19,21H,3-4,7-8,10-11,14-16H2. The van der Waals surface area contributed by atoms with E-state index in [0.717, 1.165) is 60.7 Å².